The summed E-state index contributed by atoms with van der Waals surface area (Å²) in [6.45, 7) is 4.22. The van der Waals surface area contributed by atoms with Gasteiger partial charge in [-0.2, -0.15) is 0 Å². The monoisotopic (exact) mass is 340 g/mol. The molecule has 0 aromatic heterocycles. The Bertz CT molecular complexity index is 488. The van der Waals surface area contributed by atoms with Crippen LogP contribution in [-0.4, -0.2) is 51.7 Å². The highest BCUT2D eigenvalue weighted by molar-refractivity contribution is 5.76. The lowest BCUT2D eigenvalue weighted by atomic mass is 9.96. The van der Waals surface area contributed by atoms with Crippen molar-refractivity contribution in [2.45, 2.75) is 32.1 Å². The Hall–Kier alpha value is -1.79. The molecule has 24 heavy (non-hydrogen) atoms. The summed E-state index contributed by atoms with van der Waals surface area (Å²) >= 11 is 0. The molecule has 6 nitrogen and oxygen atoms in total. The van der Waals surface area contributed by atoms with Gasteiger partial charge in [-0.15, -0.1) is 0 Å². The first-order chi connectivity index (χ1) is 11.6. The van der Waals surface area contributed by atoms with Crippen LogP contribution in [0.5, 0.6) is 11.5 Å². The number of aliphatic carboxylic acids is 1. The number of carboxylic acids is 1. The van der Waals surface area contributed by atoms with Gasteiger partial charge in [0.1, 0.15) is 0 Å². The average Bonchev–Trinajstić information content (AvgIpc) is 2.59. The van der Waals surface area contributed by atoms with Crippen LogP contribution in [-0.2, 0) is 14.3 Å². The fourth-order valence-electron chi connectivity index (χ4n) is 2.27. The Morgan fingerprint density at radius 2 is 1.71 bits per heavy atom. The average molecular weight is 340 g/mol. The van der Waals surface area contributed by atoms with Crippen LogP contribution in [0.25, 0.3) is 0 Å². The lowest BCUT2D eigenvalue weighted by Gasteiger charge is -2.15. The maximum absolute atomic E-state index is 11.5. The largest absolute Gasteiger partial charge is 0.493 e. The minimum absolute atomic E-state index is 0.364. The SMILES string of the molecule is CCCCOCCOCCC(C(=O)O)c1ccc(OC)c(OC)c1. The first-order valence-corrected chi connectivity index (χ1v) is 8.24. The Morgan fingerprint density at radius 1 is 1.04 bits per heavy atom. The van der Waals surface area contributed by atoms with Crippen LogP contribution in [0.4, 0.5) is 0 Å². The summed E-state index contributed by atoms with van der Waals surface area (Å²) in [6, 6.07) is 5.16. The molecule has 0 amide bonds. The Labute approximate surface area is 143 Å². The third-order valence-corrected chi connectivity index (χ3v) is 3.67. The van der Waals surface area contributed by atoms with E-state index in [9.17, 15) is 9.90 Å². The highest BCUT2D eigenvalue weighted by Crippen LogP contribution is 2.31. The Kier molecular flexibility index (Phi) is 9.88. The highest BCUT2D eigenvalue weighted by atomic mass is 16.5. The quantitative estimate of drug-likeness (QED) is 0.556. The standard InChI is InChI=1S/C18H28O6/c1-4-5-9-23-11-12-24-10-8-15(18(19)20)14-6-7-16(21-2)17(13-14)22-3/h6-7,13,15H,4-5,8-12H2,1-3H3,(H,19,20). The molecule has 136 valence electrons. The van der Waals surface area contributed by atoms with E-state index in [4.69, 9.17) is 18.9 Å². The summed E-state index contributed by atoms with van der Waals surface area (Å²) < 4.78 is 21.3. The van der Waals surface area contributed by atoms with Crippen LogP contribution in [0.3, 0.4) is 0 Å². The zero-order chi connectivity index (χ0) is 17.8. The summed E-state index contributed by atoms with van der Waals surface area (Å²) in [5.74, 6) is -0.437. The van der Waals surface area contributed by atoms with Gasteiger partial charge in [0.25, 0.3) is 0 Å². The molecular formula is C18H28O6. The van der Waals surface area contributed by atoms with Crippen molar-refractivity contribution in [2.24, 2.45) is 0 Å². The van der Waals surface area contributed by atoms with Gasteiger partial charge in [-0.05, 0) is 30.5 Å². The minimum Gasteiger partial charge on any atom is -0.493 e. The van der Waals surface area contributed by atoms with Crippen LogP contribution in [0.1, 0.15) is 37.7 Å². The number of rotatable bonds is 13. The van der Waals surface area contributed by atoms with Crippen molar-refractivity contribution in [2.75, 3.05) is 40.6 Å². The number of carbonyl (C=O) groups is 1. The van der Waals surface area contributed by atoms with E-state index in [-0.39, 0.29) is 0 Å². The molecule has 1 unspecified atom stereocenters. The topological polar surface area (TPSA) is 74.2 Å². The van der Waals surface area contributed by atoms with Gasteiger partial charge in [-0.3, -0.25) is 4.79 Å². The molecule has 0 radical (unpaired) electrons. The summed E-state index contributed by atoms with van der Waals surface area (Å²) in [5.41, 5.74) is 0.669. The lowest BCUT2D eigenvalue weighted by molar-refractivity contribution is -0.139. The second-order valence-electron chi connectivity index (χ2n) is 5.37. The summed E-state index contributed by atoms with van der Waals surface area (Å²) in [5, 5.41) is 9.46. The number of hydrogen-bond acceptors (Lipinski definition) is 5. The first-order valence-electron chi connectivity index (χ1n) is 8.24. The fourth-order valence-corrected chi connectivity index (χ4v) is 2.27. The van der Waals surface area contributed by atoms with Gasteiger partial charge in [0.05, 0.1) is 33.4 Å². The lowest BCUT2D eigenvalue weighted by Crippen LogP contribution is -2.15. The summed E-state index contributed by atoms with van der Waals surface area (Å²) in [7, 11) is 3.07. The zero-order valence-electron chi connectivity index (χ0n) is 14.7. The van der Waals surface area contributed by atoms with Gasteiger partial charge in [-0.25, -0.2) is 0 Å². The van der Waals surface area contributed by atoms with Gasteiger partial charge in [0, 0.05) is 13.2 Å². The Balaban J connectivity index is 2.48. The summed E-state index contributed by atoms with van der Waals surface area (Å²) in [4.78, 5) is 11.5. The second-order valence-corrected chi connectivity index (χ2v) is 5.37. The van der Waals surface area contributed by atoms with Crippen molar-refractivity contribution in [1.29, 1.82) is 0 Å². The van der Waals surface area contributed by atoms with Crippen molar-refractivity contribution in [3.8, 4) is 11.5 Å². The van der Waals surface area contributed by atoms with Gasteiger partial charge in [0.2, 0.25) is 0 Å². The van der Waals surface area contributed by atoms with E-state index in [1.54, 1.807) is 25.3 Å². The molecule has 1 atom stereocenters. The smallest absolute Gasteiger partial charge is 0.311 e. The molecule has 0 aliphatic heterocycles. The van der Waals surface area contributed by atoms with Crippen molar-refractivity contribution >= 4 is 5.97 Å². The van der Waals surface area contributed by atoms with Crippen molar-refractivity contribution in [3.05, 3.63) is 23.8 Å². The fraction of sp³-hybridized carbons (Fsp3) is 0.611. The van der Waals surface area contributed by atoms with E-state index in [1.165, 1.54) is 7.11 Å². The van der Waals surface area contributed by atoms with Crippen LogP contribution in [0.2, 0.25) is 0 Å². The molecule has 0 saturated carbocycles. The summed E-state index contributed by atoms with van der Waals surface area (Å²) in [6.07, 6.45) is 2.53. The van der Waals surface area contributed by atoms with Gasteiger partial charge in [-0.1, -0.05) is 19.4 Å². The molecule has 0 heterocycles. The second kappa shape index (κ2) is 11.7. The van der Waals surface area contributed by atoms with Crippen LogP contribution in [0.15, 0.2) is 18.2 Å². The van der Waals surface area contributed by atoms with E-state index >= 15 is 0 Å². The molecule has 1 N–H and O–H groups in total. The predicted octanol–water partition coefficient (Wildman–Crippen LogP) is 3.10. The molecule has 0 aliphatic carbocycles. The third-order valence-electron chi connectivity index (χ3n) is 3.67. The molecule has 0 fully saturated rings. The van der Waals surface area contributed by atoms with Crippen LogP contribution >= 0.6 is 0 Å². The van der Waals surface area contributed by atoms with Crippen molar-refractivity contribution < 1.29 is 28.8 Å². The normalized spacial score (nSPS) is 12.0. The molecular weight excluding hydrogens is 312 g/mol. The zero-order valence-corrected chi connectivity index (χ0v) is 14.7. The molecule has 0 spiro atoms. The molecule has 1 aromatic carbocycles. The maximum atomic E-state index is 11.5. The molecule has 1 aromatic rings. The number of ether oxygens (including phenoxy) is 4. The van der Waals surface area contributed by atoms with E-state index < -0.39 is 11.9 Å². The number of benzene rings is 1. The van der Waals surface area contributed by atoms with E-state index in [2.05, 4.69) is 6.92 Å². The van der Waals surface area contributed by atoms with Crippen LogP contribution in [0, 0.1) is 0 Å². The molecule has 0 bridgehead atoms. The maximum Gasteiger partial charge on any atom is 0.311 e. The predicted molar refractivity (Wildman–Crippen MR) is 91.1 cm³/mol. The van der Waals surface area contributed by atoms with Crippen LogP contribution < -0.4 is 9.47 Å². The van der Waals surface area contributed by atoms with Crippen molar-refractivity contribution in [3.63, 3.8) is 0 Å². The van der Waals surface area contributed by atoms with Gasteiger partial charge in [0.15, 0.2) is 11.5 Å². The molecule has 0 aliphatic rings. The highest BCUT2D eigenvalue weighted by Gasteiger charge is 2.21. The first kappa shape index (κ1) is 20.3. The number of unbranched alkanes of at least 4 members (excludes halogenated alkanes) is 1. The van der Waals surface area contributed by atoms with E-state index in [0.717, 1.165) is 19.4 Å². The third kappa shape index (κ3) is 6.76. The molecule has 6 heteroatoms. The Morgan fingerprint density at radius 3 is 2.29 bits per heavy atom. The number of carboxylic acid groups (broad SMARTS) is 1. The minimum atomic E-state index is -0.884. The van der Waals surface area contributed by atoms with Crippen molar-refractivity contribution in [1.82, 2.24) is 0 Å². The van der Waals surface area contributed by atoms with E-state index in [0.29, 0.717) is 43.3 Å². The molecule has 1 rings (SSSR count). The van der Waals surface area contributed by atoms with E-state index in [1.807, 2.05) is 0 Å². The number of hydrogen-bond donors (Lipinski definition) is 1. The van der Waals surface area contributed by atoms with Gasteiger partial charge < -0.3 is 24.1 Å². The number of methoxy groups -OCH3 is 2. The molecule has 0 saturated heterocycles. The van der Waals surface area contributed by atoms with Gasteiger partial charge >= 0.3 is 5.97 Å².